The lowest BCUT2D eigenvalue weighted by Gasteiger charge is -2.28. The second kappa shape index (κ2) is 14.0. The van der Waals surface area contributed by atoms with Crippen LogP contribution in [0.2, 0.25) is 4.34 Å². The van der Waals surface area contributed by atoms with Gasteiger partial charge in [0.25, 0.3) is 17.7 Å². The molecule has 0 spiro atoms. The Kier molecular flexibility index (Phi) is 10.7. The maximum atomic E-state index is 13.3. The third-order valence-corrected chi connectivity index (χ3v) is 6.18. The Labute approximate surface area is 223 Å². The van der Waals surface area contributed by atoms with Gasteiger partial charge in [0.1, 0.15) is 19.3 Å². The van der Waals surface area contributed by atoms with Gasteiger partial charge in [-0.2, -0.15) is 18.7 Å². The van der Waals surface area contributed by atoms with Crippen LogP contribution in [-0.4, -0.2) is 81.1 Å². The van der Waals surface area contributed by atoms with Gasteiger partial charge >= 0.3 is 12.7 Å². The number of halogens is 3. The lowest BCUT2D eigenvalue weighted by atomic mass is 10.2. The number of amides is 4. The molecular weight excluding hydrogens is 554 g/mol. The third-order valence-electron chi connectivity index (χ3n) is 4.95. The molecule has 38 heavy (non-hydrogen) atoms. The van der Waals surface area contributed by atoms with Crippen LogP contribution in [0.5, 0.6) is 0 Å². The SMILES string of the molecule is O=C(N[C@@H](CNC(=O)c1ccc(Cl)s1)C(=O)N(OC(F)F)c1ccc(N2CCOCC2=O)cc1)OCCO. The number of aliphatic hydroxyl groups is 1. The molecule has 0 unspecified atom stereocenters. The molecule has 1 saturated heterocycles. The number of rotatable bonds is 11. The fourth-order valence-electron chi connectivity index (χ4n) is 3.26. The highest BCUT2D eigenvalue weighted by molar-refractivity contribution is 7.18. The average molecular weight is 577 g/mol. The summed E-state index contributed by atoms with van der Waals surface area (Å²) < 4.78 is 36.7. The van der Waals surface area contributed by atoms with Crippen LogP contribution in [0, 0.1) is 0 Å². The number of alkyl carbamates (subject to hydrolysis) is 1. The first kappa shape index (κ1) is 29.2. The van der Waals surface area contributed by atoms with Gasteiger partial charge in [-0.25, -0.2) is 4.79 Å². The minimum atomic E-state index is -3.43. The van der Waals surface area contributed by atoms with Gasteiger partial charge in [-0.1, -0.05) is 11.6 Å². The molecule has 206 valence electrons. The van der Waals surface area contributed by atoms with E-state index in [9.17, 15) is 28.0 Å². The lowest BCUT2D eigenvalue weighted by molar-refractivity contribution is -0.160. The minimum Gasteiger partial charge on any atom is -0.447 e. The van der Waals surface area contributed by atoms with Crippen molar-refractivity contribution in [3.63, 3.8) is 0 Å². The number of hydroxylamine groups is 1. The first-order valence-corrected chi connectivity index (χ1v) is 12.2. The van der Waals surface area contributed by atoms with Crippen molar-refractivity contribution in [1.29, 1.82) is 0 Å². The minimum absolute atomic E-state index is 0.107. The number of nitrogens with one attached hydrogen (secondary N) is 2. The lowest BCUT2D eigenvalue weighted by Crippen LogP contribution is -2.54. The number of hydrogen-bond donors (Lipinski definition) is 3. The van der Waals surface area contributed by atoms with Gasteiger partial charge in [-0.05, 0) is 36.4 Å². The molecule has 0 bridgehead atoms. The Balaban J connectivity index is 1.81. The van der Waals surface area contributed by atoms with Crippen LogP contribution in [0.15, 0.2) is 36.4 Å². The maximum Gasteiger partial charge on any atom is 0.407 e. The van der Waals surface area contributed by atoms with Crippen LogP contribution < -0.4 is 20.6 Å². The summed E-state index contributed by atoms with van der Waals surface area (Å²) in [5.74, 6) is -2.11. The van der Waals surface area contributed by atoms with Crippen molar-refractivity contribution in [1.82, 2.24) is 10.6 Å². The molecule has 3 rings (SSSR count). The van der Waals surface area contributed by atoms with Crippen LogP contribution in [0.4, 0.5) is 25.0 Å². The molecular formula is C22H23ClF2N4O8S. The van der Waals surface area contributed by atoms with Crippen LogP contribution in [-0.2, 0) is 23.9 Å². The van der Waals surface area contributed by atoms with E-state index in [2.05, 4.69) is 15.5 Å². The van der Waals surface area contributed by atoms with Crippen LogP contribution >= 0.6 is 22.9 Å². The van der Waals surface area contributed by atoms with E-state index in [0.29, 0.717) is 16.6 Å². The number of morpholine rings is 1. The number of hydrogen-bond acceptors (Lipinski definition) is 9. The summed E-state index contributed by atoms with van der Waals surface area (Å²) in [7, 11) is 0. The van der Waals surface area contributed by atoms with Crippen molar-refractivity contribution in [2.45, 2.75) is 12.7 Å². The molecule has 1 aliphatic rings. The number of ether oxygens (including phenoxy) is 2. The summed E-state index contributed by atoms with van der Waals surface area (Å²) in [6.45, 7) is -4.37. The van der Waals surface area contributed by atoms with Gasteiger partial charge in [-0.3, -0.25) is 14.4 Å². The molecule has 16 heteroatoms. The molecule has 1 aromatic carbocycles. The second-order valence-electron chi connectivity index (χ2n) is 7.48. The third kappa shape index (κ3) is 8.06. The number of thiophene rings is 1. The van der Waals surface area contributed by atoms with E-state index in [-0.39, 0.29) is 34.7 Å². The van der Waals surface area contributed by atoms with Crippen LogP contribution in [0.3, 0.4) is 0 Å². The number of alkyl halides is 2. The molecule has 0 radical (unpaired) electrons. The van der Waals surface area contributed by atoms with Crippen molar-refractivity contribution in [3.05, 3.63) is 45.6 Å². The van der Waals surface area contributed by atoms with E-state index in [1.807, 2.05) is 0 Å². The first-order valence-electron chi connectivity index (χ1n) is 11.0. The molecule has 12 nitrogen and oxygen atoms in total. The first-order chi connectivity index (χ1) is 18.2. The smallest absolute Gasteiger partial charge is 0.407 e. The molecule has 1 fully saturated rings. The predicted molar refractivity (Wildman–Crippen MR) is 131 cm³/mol. The zero-order chi connectivity index (χ0) is 27.7. The van der Waals surface area contributed by atoms with E-state index in [1.165, 1.54) is 41.3 Å². The second-order valence-corrected chi connectivity index (χ2v) is 9.20. The molecule has 0 saturated carbocycles. The summed E-state index contributed by atoms with van der Waals surface area (Å²) in [5.41, 5.74) is 0.294. The van der Waals surface area contributed by atoms with E-state index in [1.54, 1.807) is 0 Å². The van der Waals surface area contributed by atoms with Gasteiger partial charge in [0.05, 0.1) is 28.1 Å². The highest BCUT2D eigenvalue weighted by atomic mass is 35.5. The Morgan fingerprint density at radius 1 is 1.21 bits per heavy atom. The van der Waals surface area contributed by atoms with E-state index in [4.69, 9.17) is 26.2 Å². The van der Waals surface area contributed by atoms with Gasteiger partial charge in [-0.15, -0.1) is 11.3 Å². The fraction of sp³-hybridized carbons (Fsp3) is 0.364. The Morgan fingerprint density at radius 2 is 1.95 bits per heavy atom. The maximum absolute atomic E-state index is 13.3. The average Bonchev–Trinajstić information content (AvgIpc) is 3.34. The highest BCUT2D eigenvalue weighted by Crippen LogP contribution is 2.24. The normalized spacial score (nSPS) is 14.2. The summed E-state index contributed by atoms with van der Waals surface area (Å²) >= 11 is 6.79. The number of anilines is 2. The fourth-order valence-corrected chi connectivity index (χ4v) is 4.22. The zero-order valence-corrected chi connectivity index (χ0v) is 21.2. The van der Waals surface area contributed by atoms with Gasteiger partial charge in [0, 0.05) is 18.8 Å². The Hall–Kier alpha value is -3.37. The highest BCUT2D eigenvalue weighted by Gasteiger charge is 2.32. The van der Waals surface area contributed by atoms with E-state index >= 15 is 0 Å². The van der Waals surface area contributed by atoms with Crippen molar-refractivity contribution in [2.75, 3.05) is 49.5 Å². The topological polar surface area (TPSA) is 147 Å². The van der Waals surface area contributed by atoms with Crippen molar-refractivity contribution in [3.8, 4) is 0 Å². The number of aliphatic hydroxyl groups excluding tert-OH is 1. The number of carbonyl (C=O) groups is 4. The molecule has 2 heterocycles. The number of benzene rings is 1. The van der Waals surface area contributed by atoms with Gasteiger partial charge in [0.2, 0.25) is 0 Å². The zero-order valence-electron chi connectivity index (χ0n) is 19.6. The molecule has 0 aliphatic carbocycles. The molecule has 3 N–H and O–H groups in total. The molecule has 1 aromatic heterocycles. The molecule has 1 aliphatic heterocycles. The molecule has 1 atom stereocenters. The van der Waals surface area contributed by atoms with Crippen LogP contribution in [0.25, 0.3) is 0 Å². The quantitative estimate of drug-likeness (QED) is 0.343. The van der Waals surface area contributed by atoms with Crippen molar-refractivity contribution < 1.29 is 47.4 Å². The van der Waals surface area contributed by atoms with E-state index in [0.717, 1.165) is 11.3 Å². The number of nitrogens with zero attached hydrogens (tertiary/aromatic N) is 2. The Bertz CT molecular complexity index is 1140. The van der Waals surface area contributed by atoms with Crippen molar-refractivity contribution in [2.24, 2.45) is 0 Å². The van der Waals surface area contributed by atoms with E-state index < -0.39 is 50.3 Å². The summed E-state index contributed by atoms with van der Waals surface area (Å²) in [6.07, 6.45) is -1.15. The van der Waals surface area contributed by atoms with Gasteiger partial charge < -0.3 is 30.1 Å². The number of carbonyl (C=O) groups excluding carboxylic acids is 4. The molecule has 2 aromatic rings. The van der Waals surface area contributed by atoms with Crippen LogP contribution in [0.1, 0.15) is 9.67 Å². The summed E-state index contributed by atoms with van der Waals surface area (Å²) in [6, 6.07) is 6.69. The molecule has 4 amide bonds. The predicted octanol–water partition coefficient (Wildman–Crippen LogP) is 1.77. The summed E-state index contributed by atoms with van der Waals surface area (Å²) in [4.78, 5) is 55.9. The van der Waals surface area contributed by atoms with Crippen molar-refractivity contribution >= 4 is 58.1 Å². The standard InChI is InChI=1S/C22H23ClF2N4O8S/c23-17-6-5-16(38-17)19(32)26-11-15(27-22(34)36-10-8-30)20(33)29(37-21(24)25)14-3-1-13(2-4-14)28-7-9-35-12-18(28)31/h1-6,15,21,30H,7-12H2,(H,26,32)(H,27,34)/t15-/m0/s1. The largest absolute Gasteiger partial charge is 0.447 e. The summed E-state index contributed by atoms with van der Waals surface area (Å²) in [5, 5.41) is 13.7. The monoisotopic (exact) mass is 576 g/mol. The van der Waals surface area contributed by atoms with Gasteiger partial charge in [0.15, 0.2) is 0 Å². The Morgan fingerprint density at radius 3 is 2.55 bits per heavy atom.